The summed E-state index contributed by atoms with van der Waals surface area (Å²) >= 11 is 0. The lowest BCUT2D eigenvalue weighted by atomic mass is 9.77. The molecule has 1 saturated carbocycles. The van der Waals surface area contributed by atoms with Crippen LogP contribution in [0.1, 0.15) is 31.2 Å². The highest BCUT2D eigenvalue weighted by Gasteiger charge is 2.43. The van der Waals surface area contributed by atoms with Crippen molar-refractivity contribution in [3.05, 3.63) is 35.1 Å². The summed E-state index contributed by atoms with van der Waals surface area (Å²) in [5.41, 5.74) is -1.82. The van der Waals surface area contributed by atoms with Gasteiger partial charge in [0.15, 0.2) is 17.5 Å². The van der Waals surface area contributed by atoms with E-state index in [1.54, 1.807) is 0 Å². The maximum absolute atomic E-state index is 13.8. The molecule has 1 N–H and O–H groups in total. The molecule has 1 aromatic rings. The topological polar surface area (TPSA) is 29.5 Å². The first kappa shape index (κ1) is 13.4. The lowest BCUT2D eigenvalue weighted by molar-refractivity contribution is -0.124. The Hall–Kier alpha value is -1.07. The van der Waals surface area contributed by atoms with E-state index in [2.05, 4.69) is 0 Å². The largest absolute Gasteiger partial charge is 0.382 e. The molecule has 1 fully saturated rings. The normalized spacial score (nSPS) is 28.4. The Morgan fingerprint density at radius 2 is 1.94 bits per heavy atom. The first-order valence-electron chi connectivity index (χ1n) is 5.90. The summed E-state index contributed by atoms with van der Waals surface area (Å²) < 4.78 is 45.1. The van der Waals surface area contributed by atoms with Gasteiger partial charge in [-0.2, -0.15) is 0 Å². The molecule has 2 atom stereocenters. The number of ether oxygens (including phenoxy) is 1. The van der Waals surface area contributed by atoms with Crippen molar-refractivity contribution in [1.82, 2.24) is 0 Å². The van der Waals surface area contributed by atoms with Gasteiger partial charge in [-0.25, -0.2) is 13.2 Å². The van der Waals surface area contributed by atoms with E-state index < -0.39 is 29.2 Å². The van der Waals surface area contributed by atoms with Crippen LogP contribution < -0.4 is 0 Å². The van der Waals surface area contributed by atoms with Gasteiger partial charge in [-0.05, 0) is 25.0 Å². The van der Waals surface area contributed by atoms with E-state index in [1.165, 1.54) is 7.11 Å². The standard InChI is InChI=1S/C13H15F3O2/c1-18-10-4-2-3-7-13(10,17)8-5-6-9(14)12(16)11(8)15/h5-6,10,17H,2-4,7H2,1H3. The molecule has 0 aromatic heterocycles. The predicted octanol–water partition coefficient (Wildman–Crippen LogP) is 2.88. The molecular weight excluding hydrogens is 245 g/mol. The zero-order valence-electron chi connectivity index (χ0n) is 10.0. The molecule has 2 unspecified atom stereocenters. The number of aliphatic hydroxyl groups is 1. The van der Waals surface area contributed by atoms with Gasteiger partial charge in [0, 0.05) is 12.7 Å². The van der Waals surface area contributed by atoms with Crippen LogP contribution in [0.5, 0.6) is 0 Å². The van der Waals surface area contributed by atoms with E-state index in [-0.39, 0.29) is 12.0 Å². The first-order chi connectivity index (χ1) is 8.50. The van der Waals surface area contributed by atoms with Crippen molar-refractivity contribution in [3.8, 4) is 0 Å². The number of hydrogen-bond donors (Lipinski definition) is 1. The highest BCUT2D eigenvalue weighted by atomic mass is 19.2. The smallest absolute Gasteiger partial charge is 0.194 e. The van der Waals surface area contributed by atoms with Gasteiger partial charge in [0.1, 0.15) is 5.60 Å². The summed E-state index contributed by atoms with van der Waals surface area (Å²) in [6.07, 6.45) is 1.77. The van der Waals surface area contributed by atoms with Crippen LogP contribution in [0.15, 0.2) is 12.1 Å². The van der Waals surface area contributed by atoms with Crippen LogP contribution in [0, 0.1) is 17.5 Å². The summed E-state index contributed by atoms with van der Waals surface area (Å²) in [5, 5.41) is 10.5. The molecule has 1 aliphatic rings. The Kier molecular flexibility index (Phi) is 3.64. The average Bonchev–Trinajstić information content (AvgIpc) is 2.36. The minimum absolute atomic E-state index is 0.229. The monoisotopic (exact) mass is 260 g/mol. The van der Waals surface area contributed by atoms with Crippen molar-refractivity contribution in [2.24, 2.45) is 0 Å². The van der Waals surface area contributed by atoms with E-state index in [4.69, 9.17) is 4.74 Å². The van der Waals surface area contributed by atoms with E-state index >= 15 is 0 Å². The first-order valence-corrected chi connectivity index (χ1v) is 5.90. The SMILES string of the molecule is COC1CCCCC1(O)c1ccc(F)c(F)c1F. The Morgan fingerprint density at radius 1 is 1.22 bits per heavy atom. The summed E-state index contributed by atoms with van der Waals surface area (Å²) in [6, 6.07) is 1.91. The summed E-state index contributed by atoms with van der Waals surface area (Å²) in [5.74, 6) is -4.15. The third-order valence-corrected chi connectivity index (χ3v) is 3.59. The van der Waals surface area contributed by atoms with Crippen molar-refractivity contribution < 1.29 is 23.0 Å². The predicted molar refractivity (Wildman–Crippen MR) is 59.5 cm³/mol. The highest BCUT2D eigenvalue weighted by Crippen LogP contribution is 2.40. The fourth-order valence-corrected chi connectivity index (χ4v) is 2.61. The maximum atomic E-state index is 13.8. The van der Waals surface area contributed by atoms with Gasteiger partial charge in [-0.15, -0.1) is 0 Å². The molecule has 0 bridgehead atoms. The molecular formula is C13H15F3O2. The Labute approximate surface area is 103 Å². The average molecular weight is 260 g/mol. The molecule has 5 heteroatoms. The summed E-state index contributed by atoms with van der Waals surface area (Å²) in [4.78, 5) is 0. The van der Waals surface area contributed by atoms with Crippen molar-refractivity contribution in [1.29, 1.82) is 0 Å². The summed E-state index contributed by atoms with van der Waals surface area (Å²) in [7, 11) is 1.42. The van der Waals surface area contributed by atoms with E-state index in [1.807, 2.05) is 0 Å². The quantitative estimate of drug-likeness (QED) is 0.828. The van der Waals surface area contributed by atoms with Gasteiger partial charge < -0.3 is 9.84 Å². The van der Waals surface area contributed by atoms with E-state index in [0.717, 1.165) is 18.6 Å². The minimum Gasteiger partial charge on any atom is -0.382 e. The van der Waals surface area contributed by atoms with Crippen LogP contribution in [-0.2, 0) is 10.3 Å². The lowest BCUT2D eigenvalue weighted by Crippen LogP contribution is -2.44. The maximum Gasteiger partial charge on any atom is 0.194 e. The van der Waals surface area contributed by atoms with Gasteiger partial charge >= 0.3 is 0 Å². The molecule has 100 valence electrons. The number of benzene rings is 1. The second-order valence-corrected chi connectivity index (χ2v) is 4.62. The van der Waals surface area contributed by atoms with Crippen molar-refractivity contribution in [2.45, 2.75) is 37.4 Å². The third kappa shape index (κ3) is 2.01. The molecule has 0 aliphatic heterocycles. The number of methoxy groups -OCH3 is 1. The molecule has 18 heavy (non-hydrogen) atoms. The fraction of sp³-hybridized carbons (Fsp3) is 0.538. The number of halogens is 3. The van der Waals surface area contributed by atoms with Crippen molar-refractivity contribution >= 4 is 0 Å². The fourth-order valence-electron chi connectivity index (χ4n) is 2.61. The molecule has 0 saturated heterocycles. The van der Waals surface area contributed by atoms with Crippen LogP contribution in [0.3, 0.4) is 0 Å². The lowest BCUT2D eigenvalue weighted by Gasteiger charge is -2.39. The van der Waals surface area contributed by atoms with E-state index in [0.29, 0.717) is 12.8 Å². The molecule has 1 aliphatic carbocycles. The Balaban J connectivity index is 2.48. The van der Waals surface area contributed by atoms with Gasteiger partial charge in [0.25, 0.3) is 0 Å². The molecule has 0 amide bonds. The van der Waals surface area contributed by atoms with Crippen LogP contribution in [0.4, 0.5) is 13.2 Å². The zero-order chi connectivity index (χ0) is 13.3. The van der Waals surface area contributed by atoms with Crippen LogP contribution in [-0.4, -0.2) is 18.3 Å². The zero-order valence-corrected chi connectivity index (χ0v) is 10.0. The Morgan fingerprint density at radius 3 is 2.61 bits per heavy atom. The van der Waals surface area contributed by atoms with Crippen molar-refractivity contribution in [3.63, 3.8) is 0 Å². The van der Waals surface area contributed by atoms with Crippen LogP contribution in [0.25, 0.3) is 0 Å². The Bertz CT molecular complexity index is 450. The molecule has 0 radical (unpaired) electrons. The van der Waals surface area contributed by atoms with Crippen LogP contribution in [0.2, 0.25) is 0 Å². The number of rotatable bonds is 2. The molecule has 2 rings (SSSR count). The van der Waals surface area contributed by atoms with Gasteiger partial charge in [0.05, 0.1) is 6.10 Å². The van der Waals surface area contributed by atoms with E-state index in [9.17, 15) is 18.3 Å². The minimum atomic E-state index is -1.59. The van der Waals surface area contributed by atoms with Gasteiger partial charge in [-0.3, -0.25) is 0 Å². The third-order valence-electron chi connectivity index (χ3n) is 3.59. The van der Waals surface area contributed by atoms with Gasteiger partial charge in [0.2, 0.25) is 0 Å². The summed E-state index contributed by atoms with van der Waals surface area (Å²) in [6.45, 7) is 0. The molecule has 2 nitrogen and oxygen atoms in total. The second-order valence-electron chi connectivity index (χ2n) is 4.62. The highest BCUT2D eigenvalue weighted by molar-refractivity contribution is 5.28. The molecule has 1 aromatic carbocycles. The van der Waals surface area contributed by atoms with Gasteiger partial charge in [-0.1, -0.05) is 12.8 Å². The van der Waals surface area contributed by atoms with Crippen molar-refractivity contribution in [2.75, 3.05) is 7.11 Å². The van der Waals surface area contributed by atoms with Crippen LogP contribution >= 0.6 is 0 Å². The number of hydrogen-bond acceptors (Lipinski definition) is 2. The second kappa shape index (κ2) is 4.90. The molecule has 0 spiro atoms. The molecule has 0 heterocycles.